The Kier molecular flexibility index (Phi) is 18.0. The lowest BCUT2D eigenvalue weighted by Gasteiger charge is -1.94. The fraction of sp³-hybridized carbons (Fsp3) is 0.409. The van der Waals surface area contributed by atoms with Crippen molar-refractivity contribution in [2.24, 2.45) is 4.99 Å². The maximum absolute atomic E-state index is 8.91. The number of aryl methyl sites for hydroxylation is 1. The summed E-state index contributed by atoms with van der Waals surface area (Å²) in [7, 11) is 1.59. The Balaban J connectivity index is 0. The average Bonchev–Trinajstić information content (AvgIpc) is 2.57. The molecule has 2 N–H and O–H groups in total. The number of rotatable bonds is 7. The number of allylic oxidation sites excluding steroid dienone is 2. The second kappa shape index (κ2) is 18.1. The monoisotopic (exact) mass is 345 g/mol. The van der Waals surface area contributed by atoms with Crippen molar-refractivity contribution in [3.05, 3.63) is 72.2 Å². The highest BCUT2D eigenvalue weighted by atomic mass is 16.3. The minimum absolute atomic E-state index is 0.296. The van der Waals surface area contributed by atoms with Gasteiger partial charge in [0.25, 0.3) is 0 Å². The van der Waals surface area contributed by atoms with Crippen molar-refractivity contribution in [1.29, 1.82) is 0 Å². The number of unbranched alkanes of at least 4 members (excludes halogenated alkanes) is 4. The third-order valence-corrected chi connectivity index (χ3v) is 3.06. The smallest absolute Gasteiger partial charge is 0.157 e. The van der Waals surface area contributed by atoms with E-state index in [0.717, 1.165) is 0 Å². The molecule has 0 amide bonds. The van der Waals surface area contributed by atoms with Crippen LogP contribution in [0.2, 0.25) is 0 Å². The second-order valence-electron chi connectivity index (χ2n) is 5.65. The standard InChI is InChI=1S/C8H11NO2.C7H8.C7H16/c1-6(5-9-3)4-8(11)7(2)10;1-7-5-3-2-4-6-7;1-3-5-7-6-4-2/h4-5,10-11H,1-2H2,3H3;2-6H,1H3;3-7H2,1-2H3/b8-4+,9-5?;;. The molecule has 0 saturated carbocycles. The predicted molar refractivity (Wildman–Crippen MR) is 112 cm³/mol. The molecule has 3 nitrogen and oxygen atoms in total. The van der Waals surface area contributed by atoms with Crippen LogP contribution in [0.25, 0.3) is 0 Å². The molecule has 1 aromatic rings. The van der Waals surface area contributed by atoms with Gasteiger partial charge in [-0.2, -0.15) is 0 Å². The first-order valence-electron chi connectivity index (χ1n) is 8.80. The Morgan fingerprint density at radius 1 is 1.00 bits per heavy atom. The Labute approximate surface area is 154 Å². The van der Waals surface area contributed by atoms with Gasteiger partial charge < -0.3 is 10.2 Å². The van der Waals surface area contributed by atoms with Crippen LogP contribution >= 0.6 is 0 Å². The summed E-state index contributed by atoms with van der Waals surface area (Å²) in [6, 6.07) is 10.3. The molecule has 0 spiro atoms. The van der Waals surface area contributed by atoms with Crippen molar-refractivity contribution in [3.63, 3.8) is 0 Å². The Morgan fingerprint density at radius 2 is 1.52 bits per heavy atom. The first-order valence-corrected chi connectivity index (χ1v) is 8.80. The van der Waals surface area contributed by atoms with Crippen LogP contribution in [0.3, 0.4) is 0 Å². The van der Waals surface area contributed by atoms with Crippen molar-refractivity contribution in [2.45, 2.75) is 52.9 Å². The zero-order chi connectivity index (χ0) is 19.5. The molecule has 0 fully saturated rings. The van der Waals surface area contributed by atoms with Gasteiger partial charge in [-0.05, 0) is 18.6 Å². The van der Waals surface area contributed by atoms with Crippen LogP contribution in [0.4, 0.5) is 0 Å². The number of benzene rings is 1. The van der Waals surface area contributed by atoms with Crippen molar-refractivity contribution in [1.82, 2.24) is 0 Å². The van der Waals surface area contributed by atoms with E-state index in [0.29, 0.717) is 5.57 Å². The summed E-state index contributed by atoms with van der Waals surface area (Å²) in [4.78, 5) is 3.66. The largest absolute Gasteiger partial charge is 0.505 e. The summed E-state index contributed by atoms with van der Waals surface area (Å²) in [6.07, 6.45) is 9.74. The van der Waals surface area contributed by atoms with Gasteiger partial charge in [0.05, 0.1) is 0 Å². The topological polar surface area (TPSA) is 52.8 Å². The maximum atomic E-state index is 8.91. The van der Waals surface area contributed by atoms with E-state index in [1.807, 2.05) is 18.2 Å². The summed E-state index contributed by atoms with van der Waals surface area (Å²) in [5.74, 6) is -0.675. The van der Waals surface area contributed by atoms with E-state index in [9.17, 15) is 0 Å². The third kappa shape index (κ3) is 19.7. The maximum Gasteiger partial charge on any atom is 0.157 e. The molecule has 3 heteroatoms. The van der Waals surface area contributed by atoms with Crippen LogP contribution < -0.4 is 0 Å². The first kappa shape index (κ1) is 25.0. The summed E-state index contributed by atoms with van der Waals surface area (Å²) >= 11 is 0. The summed E-state index contributed by atoms with van der Waals surface area (Å²) < 4.78 is 0. The third-order valence-electron chi connectivity index (χ3n) is 3.06. The Morgan fingerprint density at radius 3 is 1.84 bits per heavy atom. The van der Waals surface area contributed by atoms with Crippen LogP contribution in [0.5, 0.6) is 0 Å². The Bertz CT molecular complexity index is 512. The van der Waals surface area contributed by atoms with E-state index in [4.69, 9.17) is 10.2 Å². The minimum Gasteiger partial charge on any atom is -0.505 e. The van der Waals surface area contributed by atoms with Crippen LogP contribution in [0.1, 0.15) is 51.5 Å². The normalized spacial score (nSPS) is 10.3. The molecule has 1 aromatic carbocycles. The van der Waals surface area contributed by atoms with Crippen LogP contribution in [-0.2, 0) is 0 Å². The van der Waals surface area contributed by atoms with Crippen LogP contribution in [-0.4, -0.2) is 23.5 Å². The fourth-order valence-corrected chi connectivity index (χ4v) is 1.67. The molecular weight excluding hydrogens is 310 g/mol. The highest BCUT2D eigenvalue weighted by molar-refractivity contribution is 5.81. The SMILES string of the molecule is C=C(C=NC)/C=C(/O)C(=C)O.CCCCCCC.Cc1ccccc1. The molecule has 0 aliphatic rings. The quantitative estimate of drug-likeness (QED) is 0.249. The van der Waals surface area contributed by atoms with Crippen LogP contribution in [0.15, 0.2) is 71.6 Å². The zero-order valence-electron chi connectivity index (χ0n) is 16.3. The Hall–Kier alpha value is -2.29. The van der Waals surface area contributed by atoms with E-state index < -0.39 is 0 Å². The van der Waals surface area contributed by atoms with E-state index in [1.165, 1.54) is 50.0 Å². The van der Waals surface area contributed by atoms with Crippen LogP contribution in [0, 0.1) is 6.92 Å². The molecule has 0 heterocycles. The number of aliphatic hydroxyl groups is 2. The molecule has 0 radical (unpaired) electrons. The van der Waals surface area contributed by atoms with Crippen molar-refractivity contribution >= 4 is 6.21 Å². The van der Waals surface area contributed by atoms with Crippen molar-refractivity contribution in [3.8, 4) is 0 Å². The van der Waals surface area contributed by atoms with Gasteiger partial charge in [-0.15, -0.1) is 0 Å². The molecule has 0 atom stereocenters. The molecule has 0 aliphatic carbocycles. The molecule has 1 rings (SSSR count). The lowest BCUT2D eigenvalue weighted by atomic mass is 10.2. The van der Waals surface area contributed by atoms with E-state index in [-0.39, 0.29) is 11.5 Å². The van der Waals surface area contributed by atoms with Crippen molar-refractivity contribution in [2.75, 3.05) is 7.05 Å². The van der Waals surface area contributed by atoms with Gasteiger partial charge in [-0.1, -0.05) is 95.0 Å². The lowest BCUT2D eigenvalue weighted by Crippen LogP contribution is -1.86. The van der Waals surface area contributed by atoms with E-state index in [2.05, 4.69) is 51.1 Å². The molecule has 0 aliphatic heterocycles. The number of hydrogen-bond acceptors (Lipinski definition) is 3. The summed E-state index contributed by atoms with van der Waals surface area (Å²) in [5, 5.41) is 17.6. The van der Waals surface area contributed by atoms with Crippen molar-refractivity contribution < 1.29 is 10.2 Å². The highest BCUT2D eigenvalue weighted by Gasteiger charge is 1.94. The summed E-state index contributed by atoms with van der Waals surface area (Å²) in [5.41, 5.74) is 1.82. The fourth-order valence-electron chi connectivity index (χ4n) is 1.67. The molecule has 25 heavy (non-hydrogen) atoms. The van der Waals surface area contributed by atoms with Gasteiger partial charge in [0.15, 0.2) is 5.76 Å². The van der Waals surface area contributed by atoms with Gasteiger partial charge >= 0.3 is 0 Å². The van der Waals surface area contributed by atoms with Gasteiger partial charge in [-0.3, -0.25) is 4.99 Å². The number of hydrogen-bond donors (Lipinski definition) is 2. The number of aliphatic hydroxyl groups excluding tert-OH is 2. The summed E-state index contributed by atoms with van der Waals surface area (Å²) in [6.45, 7) is 13.2. The van der Waals surface area contributed by atoms with E-state index >= 15 is 0 Å². The molecule has 0 saturated heterocycles. The first-order chi connectivity index (χ1) is 11.9. The highest BCUT2D eigenvalue weighted by Crippen LogP contribution is 2.02. The minimum atomic E-state index is -0.379. The molecular formula is C22H35NO2. The number of aliphatic imine (C=N–C) groups is 1. The predicted octanol–water partition coefficient (Wildman–Crippen LogP) is 6.73. The van der Waals surface area contributed by atoms with Gasteiger partial charge in [0.2, 0.25) is 0 Å². The van der Waals surface area contributed by atoms with E-state index in [1.54, 1.807) is 7.05 Å². The number of nitrogens with zero attached hydrogens (tertiary/aromatic N) is 1. The molecule has 0 bridgehead atoms. The lowest BCUT2D eigenvalue weighted by molar-refractivity contribution is 0.328. The molecule has 0 unspecified atom stereocenters. The van der Waals surface area contributed by atoms with Gasteiger partial charge in [0, 0.05) is 13.3 Å². The molecule has 140 valence electrons. The zero-order valence-corrected chi connectivity index (χ0v) is 16.3. The van der Waals surface area contributed by atoms with Gasteiger partial charge in [0.1, 0.15) is 5.76 Å². The molecule has 0 aromatic heterocycles. The van der Waals surface area contributed by atoms with Gasteiger partial charge in [-0.25, -0.2) is 0 Å². The second-order valence-corrected chi connectivity index (χ2v) is 5.65. The average molecular weight is 346 g/mol.